The molecule has 0 spiro atoms. The second-order valence-corrected chi connectivity index (χ2v) is 6.91. The summed E-state index contributed by atoms with van der Waals surface area (Å²) in [5.41, 5.74) is 1.57. The number of fused-ring (bicyclic) bond motifs is 1. The molecule has 30 heavy (non-hydrogen) atoms. The molecule has 0 bridgehead atoms. The minimum atomic E-state index is -0.484. The first-order valence-corrected chi connectivity index (χ1v) is 9.48. The van der Waals surface area contributed by atoms with Crippen molar-refractivity contribution in [2.45, 2.75) is 6.42 Å². The second-order valence-electron chi connectivity index (χ2n) is 6.91. The van der Waals surface area contributed by atoms with E-state index in [2.05, 4.69) is 10.4 Å². The number of hydrogen-bond donors (Lipinski definition) is 1. The molecule has 148 valence electrons. The van der Waals surface area contributed by atoms with E-state index in [0.29, 0.717) is 22.0 Å². The first kappa shape index (κ1) is 19.3. The first-order chi connectivity index (χ1) is 14.5. The van der Waals surface area contributed by atoms with Crippen molar-refractivity contribution >= 4 is 28.2 Å². The zero-order chi connectivity index (χ0) is 21.1. The molecule has 1 N–H and O–H groups in total. The van der Waals surface area contributed by atoms with Crippen molar-refractivity contribution in [1.82, 2.24) is 9.78 Å². The van der Waals surface area contributed by atoms with Crippen molar-refractivity contribution in [1.29, 1.82) is 0 Å². The van der Waals surface area contributed by atoms with Gasteiger partial charge < -0.3 is 5.32 Å². The minimum Gasteiger partial charge on any atom is -0.320 e. The maximum absolute atomic E-state index is 13.0. The molecule has 3 aromatic carbocycles. The molecule has 1 heterocycles. The Kier molecular flexibility index (Phi) is 5.22. The molecule has 0 saturated heterocycles. The highest BCUT2D eigenvalue weighted by Crippen LogP contribution is 2.20. The number of anilines is 1. The lowest BCUT2D eigenvalue weighted by molar-refractivity contribution is 0.0994. The highest BCUT2D eigenvalue weighted by molar-refractivity contribution is 6.13. The van der Waals surface area contributed by atoms with E-state index < -0.39 is 5.91 Å². The highest BCUT2D eigenvalue weighted by atomic mass is 16.2. The van der Waals surface area contributed by atoms with E-state index in [9.17, 15) is 14.4 Å². The fourth-order valence-electron chi connectivity index (χ4n) is 3.36. The van der Waals surface area contributed by atoms with Crippen LogP contribution in [0.15, 0.2) is 83.7 Å². The van der Waals surface area contributed by atoms with Crippen molar-refractivity contribution in [3.8, 4) is 0 Å². The number of aromatic nitrogens is 2. The maximum atomic E-state index is 13.0. The van der Waals surface area contributed by atoms with E-state index in [-0.39, 0.29) is 23.5 Å². The quantitative estimate of drug-likeness (QED) is 0.522. The molecule has 6 nitrogen and oxygen atoms in total. The van der Waals surface area contributed by atoms with Crippen LogP contribution in [-0.4, -0.2) is 21.5 Å². The van der Waals surface area contributed by atoms with Crippen molar-refractivity contribution in [3.63, 3.8) is 0 Å². The zero-order valence-electron chi connectivity index (χ0n) is 16.3. The Balaban J connectivity index is 1.67. The van der Waals surface area contributed by atoms with E-state index >= 15 is 0 Å². The van der Waals surface area contributed by atoms with Crippen LogP contribution in [0.5, 0.6) is 0 Å². The van der Waals surface area contributed by atoms with Gasteiger partial charge in [-0.05, 0) is 23.8 Å². The normalized spacial score (nSPS) is 10.7. The Bertz CT molecular complexity index is 1310. The molecule has 1 aromatic heterocycles. The molecule has 4 rings (SSSR count). The lowest BCUT2D eigenvalue weighted by atomic mass is 10.0. The number of carbonyl (C=O) groups is 2. The van der Waals surface area contributed by atoms with E-state index in [1.165, 1.54) is 7.05 Å². The number of rotatable bonds is 5. The van der Waals surface area contributed by atoms with Crippen LogP contribution in [0.1, 0.15) is 26.4 Å². The fourth-order valence-corrected chi connectivity index (χ4v) is 3.36. The molecule has 1 amide bonds. The van der Waals surface area contributed by atoms with Crippen LogP contribution >= 0.6 is 0 Å². The third kappa shape index (κ3) is 3.75. The van der Waals surface area contributed by atoms with Crippen molar-refractivity contribution in [3.05, 3.63) is 106 Å². The Morgan fingerprint density at radius 2 is 1.50 bits per heavy atom. The van der Waals surface area contributed by atoms with Crippen LogP contribution in [0.25, 0.3) is 10.8 Å². The predicted octanol–water partition coefficient (Wildman–Crippen LogP) is 3.61. The fraction of sp³-hybridized carbons (Fsp3) is 0.0833. The Labute approximate surface area is 172 Å². The van der Waals surface area contributed by atoms with Crippen LogP contribution in [-0.2, 0) is 13.5 Å². The average molecular weight is 397 g/mol. The number of benzene rings is 3. The third-order valence-electron chi connectivity index (χ3n) is 4.85. The van der Waals surface area contributed by atoms with Crippen molar-refractivity contribution in [2.75, 3.05) is 5.32 Å². The van der Waals surface area contributed by atoms with Crippen LogP contribution in [0.3, 0.4) is 0 Å². The van der Waals surface area contributed by atoms with Gasteiger partial charge in [0.2, 0.25) is 0 Å². The summed E-state index contributed by atoms with van der Waals surface area (Å²) in [5.74, 6) is -0.586. The van der Waals surface area contributed by atoms with E-state index in [1.807, 2.05) is 30.3 Å². The summed E-state index contributed by atoms with van der Waals surface area (Å²) >= 11 is 0. The molecule has 0 fully saturated rings. The van der Waals surface area contributed by atoms with Crippen LogP contribution in [0.4, 0.5) is 5.69 Å². The molecule has 0 saturated carbocycles. The summed E-state index contributed by atoms with van der Waals surface area (Å²) in [6.07, 6.45) is 0.231. The number of para-hydroxylation sites is 1. The molecule has 0 aliphatic rings. The number of aryl methyl sites for hydroxylation is 1. The molecule has 4 aromatic rings. The van der Waals surface area contributed by atoms with Crippen LogP contribution in [0, 0.1) is 0 Å². The number of carbonyl (C=O) groups excluding carboxylic acids is 2. The lowest BCUT2D eigenvalue weighted by Gasteiger charge is -2.12. The zero-order valence-corrected chi connectivity index (χ0v) is 16.3. The van der Waals surface area contributed by atoms with Gasteiger partial charge in [-0.25, -0.2) is 4.68 Å². The topological polar surface area (TPSA) is 81.1 Å². The third-order valence-corrected chi connectivity index (χ3v) is 4.85. The molecule has 0 aliphatic heterocycles. The van der Waals surface area contributed by atoms with Gasteiger partial charge in [0.25, 0.3) is 11.5 Å². The number of nitrogens with zero attached hydrogens (tertiary/aromatic N) is 2. The van der Waals surface area contributed by atoms with Gasteiger partial charge in [-0.3, -0.25) is 14.4 Å². The van der Waals surface area contributed by atoms with Gasteiger partial charge >= 0.3 is 0 Å². The van der Waals surface area contributed by atoms with Crippen LogP contribution in [0.2, 0.25) is 0 Å². The summed E-state index contributed by atoms with van der Waals surface area (Å²) < 4.78 is 1.14. The lowest BCUT2D eigenvalue weighted by Crippen LogP contribution is -2.25. The Morgan fingerprint density at radius 1 is 0.867 bits per heavy atom. The van der Waals surface area contributed by atoms with Gasteiger partial charge in [-0.2, -0.15) is 5.10 Å². The molecule has 0 unspecified atom stereocenters. The van der Waals surface area contributed by atoms with Gasteiger partial charge in [0.1, 0.15) is 0 Å². The smallest absolute Gasteiger partial charge is 0.276 e. The number of Topliss-reactive ketones (excluding diaryl/α,β-unsaturated/α-hetero) is 1. The number of nitrogens with one attached hydrogen (secondary N) is 1. The van der Waals surface area contributed by atoms with Crippen molar-refractivity contribution < 1.29 is 9.59 Å². The van der Waals surface area contributed by atoms with Crippen molar-refractivity contribution in [2.24, 2.45) is 7.05 Å². The summed E-state index contributed by atoms with van der Waals surface area (Å²) in [6, 6.07) is 23.1. The number of hydrogen-bond acceptors (Lipinski definition) is 4. The highest BCUT2D eigenvalue weighted by Gasteiger charge is 2.18. The first-order valence-electron chi connectivity index (χ1n) is 9.48. The number of amides is 1. The monoisotopic (exact) mass is 397 g/mol. The van der Waals surface area contributed by atoms with Crippen LogP contribution < -0.4 is 10.9 Å². The SMILES string of the molecule is Cn1nc(C(=O)Nc2ccccc2C(=O)Cc2ccccc2)c2ccccc2c1=O. The second kappa shape index (κ2) is 8.13. The summed E-state index contributed by atoms with van der Waals surface area (Å²) in [6.45, 7) is 0. The molecular weight excluding hydrogens is 378 g/mol. The van der Waals surface area contributed by atoms with E-state index in [4.69, 9.17) is 0 Å². The molecule has 6 heteroatoms. The van der Waals surface area contributed by atoms with E-state index in [1.54, 1.807) is 48.5 Å². The summed E-state index contributed by atoms with van der Waals surface area (Å²) in [5, 5.41) is 7.82. The largest absolute Gasteiger partial charge is 0.320 e. The molecular formula is C24H19N3O3. The molecule has 0 atom stereocenters. The van der Waals surface area contributed by atoms with Gasteiger partial charge in [-0.1, -0.05) is 60.7 Å². The summed E-state index contributed by atoms with van der Waals surface area (Å²) in [4.78, 5) is 38.2. The predicted molar refractivity (Wildman–Crippen MR) is 116 cm³/mol. The molecule has 0 aliphatic carbocycles. The van der Waals surface area contributed by atoms with Gasteiger partial charge in [0, 0.05) is 24.4 Å². The maximum Gasteiger partial charge on any atom is 0.276 e. The van der Waals surface area contributed by atoms with E-state index in [0.717, 1.165) is 10.2 Å². The van der Waals surface area contributed by atoms with Gasteiger partial charge in [-0.15, -0.1) is 0 Å². The Hall–Kier alpha value is -4.06. The minimum absolute atomic E-state index is 0.102. The van der Waals surface area contributed by atoms with Gasteiger partial charge in [0.15, 0.2) is 11.5 Å². The summed E-state index contributed by atoms with van der Waals surface area (Å²) in [7, 11) is 1.50. The Morgan fingerprint density at radius 3 is 2.27 bits per heavy atom. The average Bonchev–Trinajstić information content (AvgIpc) is 2.77. The number of ketones is 1. The molecule has 0 radical (unpaired) electrons. The van der Waals surface area contributed by atoms with Gasteiger partial charge in [0.05, 0.1) is 11.1 Å². The standard InChI is InChI=1S/C24H19N3O3/c1-27-24(30)18-12-6-5-11-17(18)22(26-27)23(29)25-20-14-8-7-13-19(20)21(28)15-16-9-3-2-4-10-16/h2-14H,15H2,1H3,(H,25,29).